The first-order valence-corrected chi connectivity index (χ1v) is 8.78. The van der Waals surface area contributed by atoms with E-state index in [1.54, 1.807) is 20.3 Å². The second kappa shape index (κ2) is 7.58. The molecule has 0 atom stereocenters. The summed E-state index contributed by atoms with van der Waals surface area (Å²) in [7, 11) is 3.15. The van der Waals surface area contributed by atoms with Crippen LogP contribution in [0.5, 0.6) is 11.5 Å². The van der Waals surface area contributed by atoms with Gasteiger partial charge in [-0.05, 0) is 48.7 Å². The summed E-state index contributed by atoms with van der Waals surface area (Å²) in [5, 5.41) is 13.3. The van der Waals surface area contributed by atoms with E-state index in [2.05, 4.69) is 5.32 Å². The fourth-order valence-electron chi connectivity index (χ4n) is 3.34. The van der Waals surface area contributed by atoms with E-state index in [4.69, 9.17) is 14.2 Å². The summed E-state index contributed by atoms with van der Waals surface area (Å²) in [5.74, 6) is 1.34. The van der Waals surface area contributed by atoms with Crippen LogP contribution < -0.4 is 14.8 Å². The third kappa shape index (κ3) is 3.63. The first kappa shape index (κ1) is 19.2. The lowest BCUT2D eigenvalue weighted by molar-refractivity contribution is -0.122. The Morgan fingerprint density at radius 2 is 1.89 bits per heavy atom. The number of benzene rings is 2. The molecule has 3 rings (SSSR count). The predicted octanol–water partition coefficient (Wildman–Crippen LogP) is 3.15. The molecule has 0 fully saturated rings. The largest absolute Gasteiger partial charge is 0.496 e. The second-order valence-electron chi connectivity index (χ2n) is 7.04. The monoisotopic (exact) mass is 371 g/mol. The lowest BCUT2D eigenvalue weighted by Crippen LogP contribution is -2.45. The van der Waals surface area contributed by atoms with Crippen LogP contribution in [0.15, 0.2) is 30.3 Å². The lowest BCUT2D eigenvalue weighted by atomic mass is 9.83. The first-order chi connectivity index (χ1) is 12.9. The van der Waals surface area contributed by atoms with E-state index in [-0.39, 0.29) is 25.6 Å². The van der Waals surface area contributed by atoms with Crippen LogP contribution in [0.3, 0.4) is 0 Å². The topological polar surface area (TPSA) is 77.0 Å². The molecule has 0 aliphatic carbocycles. The van der Waals surface area contributed by atoms with Gasteiger partial charge >= 0.3 is 0 Å². The number of fused-ring (bicyclic) bond motifs is 1. The summed E-state index contributed by atoms with van der Waals surface area (Å²) in [5.41, 5.74) is 3.49. The van der Waals surface area contributed by atoms with Crippen molar-refractivity contribution in [2.45, 2.75) is 32.4 Å². The zero-order valence-corrected chi connectivity index (χ0v) is 16.1. The molecule has 144 valence electrons. The molecule has 0 aromatic heterocycles. The Bertz CT molecular complexity index is 860. The van der Waals surface area contributed by atoms with Gasteiger partial charge in [0.05, 0.1) is 19.3 Å². The Labute approximate surface area is 159 Å². The minimum absolute atomic E-state index is 0.0946. The second-order valence-corrected chi connectivity index (χ2v) is 7.04. The third-order valence-corrected chi connectivity index (χ3v) is 4.88. The molecule has 27 heavy (non-hydrogen) atoms. The van der Waals surface area contributed by atoms with Crippen LogP contribution in [0.25, 0.3) is 11.1 Å². The van der Waals surface area contributed by atoms with Crippen LogP contribution in [0.2, 0.25) is 0 Å². The van der Waals surface area contributed by atoms with E-state index in [9.17, 15) is 9.90 Å². The van der Waals surface area contributed by atoms with Crippen LogP contribution >= 0.6 is 0 Å². The lowest BCUT2D eigenvalue weighted by Gasteiger charge is -2.34. The number of ether oxygens (including phenoxy) is 3. The molecule has 0 saturated heterocycles. The van der Waals surface area contributed by atoms with Crippen LogP contribution in [0.1, 0.15) is 25.0 Å². The number of aliphatic hydroxyl groups is 1. The van der Waals surface area contributed by atoms with Crippen LogP contribution in [0, 0.1) is 0 Å². The van der Waals surface area contributed by atoms with E-state index in [0.29, 0.717) is 11.5 Å². The van der Waals surface area contributed by atoms with Crippen LogP contribution in [0.4, 0.5) is 5.69 Å². The molecular weight excluding hydrogens is 346 g/mol. The fraction of sp³-hybridized carbons (Fsp3) is 0.381. The van der Waals surface area contributed by atoms with Gasteiger partial charge in [0, 0.05) is 30.8 Å². The Balaban J connectivity index is 2.08. The summed E-state index contributed by atoms with van der Waals surface area (Å²) in [6.45, 7) is 3.71. The average Bonchev–Trinajstić information content (AvgIpc) is 2.66. The maximum absolute atomic E-state index is 12.5. The molecule has 0 saturated carbocycles. The maximum Gasteiger partial charge on any atom is 0.188 e. The highest BCUT2D eigenvalue weighted by atomic mass is 16.7. The molecule has 1 aliphatic heterocycles. The Morgan fingerprint density at radius 1 is 1.15 bits per heavy atom. The van der Waals surface area contributed by atoms with Crippen LogP contribution in [-0.4, -0.2) is 37.4 Å². The zero-order chi connectivity index (χ0) is 19.6. The number of carbonyl (C=O) groups excluding carboxylic acids is 1. The Morgan fingerprint density at radius 3 is 2.56 bits per heavy atom. The fourth-order valence-corrected chi connectivity index (χ4v) is 3.34. The first-order valence-electron chi connectivity index (χ1n) is 8.78. The van der Waals surface area contributed by atoms with Crippen molar-refractivity contribution >= 4 is 11.5 Å². The van der Waals surface area contributed by atoms with Gasteiger partial charge in [0.15, 0.2) is 12.6 Å². The van der Waals surface area contributed by atoms with E-state index in [1.807, 2.05) is 38.1 Å². The molecule has 1 heterocycles. The molecule has 2 aromatic rings. The van der Waals surface area contributed by atoms with Gasteiger partial charge in [0.1, 0.15) is 11.5 Å². The molecule has 0 spiro atoms. The van der Waals surface area contributed by atoms with Gasteiger partial charge in [-0.1, -0.05) is 6.07 Å². The summed E-state index contributed by atoms with van der Waals surface area (Å²) in [4.78, 5) is 12.5. The summed E-state index contributed by atoms with van der Waals surface area (Å²) in [6, 6.07) is 9.38. The highest BCUT2D eigenvalue weighted by molar-refractivity contribution is 5.97. The zero-order valence-electron chi connectivity index (χ0n) is 16.1. The van der Waals surface area contributed by atoms with Crippen molar-refractivity contribution in [2.75, 3.05) is 26.3 Å². The minimum atomic E-state index is -0.612. The van der Waals surface area contributed by atoms with Crippen molar-refractivity contribution in [3.63, 3.8) is 0 Å². The molecule has 0 amide bonds. The SMILES string of the molecule is COCOc1ccc(-c2ccc3c(c2CO)CC(=O)C(C)(C)N3)c(OC)c1. The highest BCUT2D eigenvalue weighted by Gasteiger charge is 2.34. The Kier molecular flexibility index (Phi) is 5.39. The smallest absolute Gasteiger partial charge is 0.188 e. The molecule has 6 heteroatoms. The number of aliphatic hydroxyl groups excluding tert-OH is 1. The molecule has 6 nitrogen and oxygen atoms in total. The standard InChI is InChI=1S/C21H25NO5/c1-21(2)20(24)10-16-17(11-23)14(7-8-18(16)22-21)15-6-5-13(27-12-25-3)9-19(15)26-4/h5-9,22-23H,10-12H2,1-4H3. The van der Waals surface area contributed by atoms with E-state index in [0.717, 1.165) is 27.9 Å². The van der Waals surface area contributed by atoms with Gasteiger partial charge in [0.2, 0.25) is 0 Å². The van der Waals surface area contributed by atoms with Crippen molar-refractivity contribution in [3.8, 4) is 22.6 Å². The number of hydrogen-bond acceptors (Lipinski definition) is 6. The van der Waals surface area contributed by atoms with E-state index in [1.165, 1.54) is 0 Å². The van der Waals surface area contributed by atoms with Crippen molar-refractivity contribution in [3.05, 3.63) is 41.5 Å². The van der Waals surface area contributed by atoms with Gasteiger partial charge in [-0.2, -0.15) is 0 Å². The minimum Gasteiger partial charge on any atom is -0.496 e. The van der Waals surface area contributed by atoms with E-state index >= 15 is 0 Å². The third-order valence-electron chi connectivity index (χ3n) is 4.88. The predicted molar refractivity (Wildman–Crippen MR) is 103 cm³/mol. The molecule has 2 N–H and O–H groups in total. The van der Waals surface area contributed by atoms with Gasteiger partial charge < -0.3 is 24.6 Å². The number of anilines is 1. The van der Waals surface area contributed by atoms with Gasteiger partial charge in [-0.15, -0.1) is 0 Å². The molecular formula is C21H25NO5. The van der Waals surface area contributed by atoms with Crippen LogP contribution in [-0.2, 0) is 22.6 Å². The van der Waals surface area contributed by atoms with Crippen molar-refractivity contribution in [1.82, 2.24) is 0 Å². The number of carbonyl (C=O) groups is 1. The molecule has 0 radical (unpaired) electrons. The van der Waals surface area contributed by atoms with Crippen molar-refractivity contribution < 1.29 is 24.1 Å². The number of rotatable bonds is 6. The molecule has 0 bridgehead atoms. The summed E-state index contributed by atoms with van der Waals surface area (Å²) in [6.07, 6.45) is 0.288. The number of nitrogens with one attached hydrogen (secondary N) is 1. The number of hydrogen-bond donors (Lipinski definition) is 2. The van der Waals surface area contributed by atoms with Gasteiger partial charge in [-0.25, -0.2) is 0 Å². The maximum atomic E-state index is 12.5. The summed E-state index contributed by atoms with van der Waals surface area (Å²) >= 11 is 0. The van der Waals surface area contributed by atoms with E-state index < -0.39 is 5.54 Å². The van der Waals surface area contributed by atoms with Gasteiger partial charge in [0.25, 0.3) is 0 Å². The van der Waals surface area contributed by atoms with Gasteiger partial charge in [-0.3, -0.25) is 4.79 Å². The number of ketones is 1. The Hall–Kier alpha value is -2.57. The number of Topliss-reactive ketones (excluding diaryl/α,β-unsaturated/α-hetero) is 1. The van der Waals surface area contributed by atoms with Crippen molar-refractivity contribution in [1.29, 1.82) is 0 Å². The molecule has 2 aromatic carbocycles. The summed E-state index contributed by atoms with van der Waals surface area (Å²) < 4.78 is 15.9. The van der Waals surface area contributed by atoms with Crippen molar-refractivity contribution in [2.24, 2.45) is 0 Å². The number of methoxy groups -OCH3 is 2. The molecule has 0 unspecified atom stereocenters. The average molecular weight is 371 g/mol. The quantitative estimate of drug-likeness (QED) is 0.760. The molecule has 1 aliphatic rings. The normalized spacial score (nSPS) is 15.1. The highest BCUT2D eigenvalue weighted by Crippen LogP contribution is 2.40.